The minimum absolute atomic E-state index is 0.190. The Labute approximate surface area is 149 Å². The fraction of sp³-hybridized carbons (Fsp3) is 0.235. The van der Waals surface area contributed by atoms with Crippen molar-refractivity contribution in [3.05, 3.63) is 41.5 Å². The molecule has 0 saturated carbocycles. The van der Waals surface area contributed by atoms with Crippen LogP contribution in [0.15, 0.2) is 36.0 Å². The van der Waals surface area contributed by atoms with Gasteiger partial charge in [0.25, 0.3) is 0 Å². The van der Waals surface area contributed by atoms with Gasteiger partial charge in [-0.3, -0.25) is 0 Å². The molecule has 0 unspecified atom stereocenters. The molecule has 0 fully saturated rings. The van der Waals surface area contributed by atoms with Gasteiger partial charge in [0.2, 0.25) is 0 Å². The summed E-state index contributed by atoms with van der Waals surface area (Å²) in [5, 5.41) is 2.01. The largest absolute Gasteiger partial charge is 0.493 e. The van der Waals surface area contributed by atoms with Gasteiger partial charge < -0.3 is 13.5 Å². The maximum Gasteiger partial charge on any atom is 0.306 e. The molecule has 130 valence electrons. The van der Waals surface area contributed by atoms with E-state index in [0.717, 1.165) is 46.6 Å². The fourth-order valence-electron chi connectivity index (χ4n) is 3.09. The van der Waals surface area contributed by atoms with Crippen LogP contribution in [0.4, 0.5) is 0 Å². The minimum atomic E-state index is -3.65. The summed E-state index contributed by atoms with van der Waals surface area (Å²) in [5.74, 6) is 0.602. The second-order valence-electron chi connectivity index (χ2n) is 5.81. The molecule has 1 aliphatic rings. The van der Waals surface area contributed by atoms with E-state index in [1.807, 2.05) is 29.9 Å². The Balaban J connectivity index is 1.92. The maximum absolute atomic E-state index is 11.6. The topological polar surface area (TPSA) is 70.4 Å². The van der Waals surface area contributed by atoms with Crippen LogP contribution >= 0.6 is 11.3 Å². The zero-order valence-corrected chi connectivity index (χ0v) is 15.4. The van der Waals surface area contributed by atoms with Gasteiger partial charge in [-0.1, -0.05) is 6.07 Å². The summed E-state index contributed by atoms with van der Waals surface area (Å²) >= 11 is 1.62. The first-order valence-corrected chi connectivity index (χ1v) is 10.4. The van der Waals surface area contributed by atoms with Gasteiger partial charge in [-0.25, -0.2) is 4.98 Å². The molecule has 6 nitrogen and oxygen atoms in total. The van der Waals surface area contributed by atoms with E-state index >= 15 is 0 Å². The first-order valence-electron chi connectivity index (χ1n) is 7.66. The molecular weight excluding hydrogens is 360 g/mol. The average Bonchev–Trinajstić information content (AvgIpc) is 3.21. The van der Waals surface area contributed by atoms with Gasteiger partial charge in [-0.05, 0) is 35.6 Å². The van der Waals surface area contributed by atoms with Crippen molar-refractivity contribution in [2.24, 2.45) is 0 Å². The minimum Gasteiger partial charge on any atom is -0.493 e. The van der Waals surface area contributed by atoms with Crippen LogP contribution in [0.5, 0.6) is 11.5 Å². The lowest BCUT2D eigenvalue weighted by Crippen LogP contribution is -2.12. The average molecular weight is 376 g/mol. The number of ether oxygens (including phenoxy) is 1. The highest BCUT2D eigenvalue weighted by atomic mass is 32.2. The van der Waals surface area contributed by atoms with Crippen molar-refractivity contribution in [2.75, 3.05) is 13.4 Å². The van der Waals surface area contributed by atoms with Crippen LogP contribution in [0.2, 0.25) is 0 Å². The summed E-state index contributed by atoms with van der Waals surface area (Å²) in [6, 6.07) is 7.60. The number of aromatic nitrogens is 2. The predicted octanol–water partition coefficient (Wildman–Crippen LogP) is 3.18. The maximum atomic E-state index is 11.6. The molecule has 0 atom stereocenters. The summed E-state index contributed by atoms with van der Waals surface area (Å²) < 4.78 is 35.7. The molecule has 4 rings (SSSR count). The number of hydrogen-bond acceptors (Lipinski definition) is 6. The second-order valence-corrected chi connectivity index (χ2v) is 8.33. The van der Waals surface area contributed by atoms with Crippen LogP contribution in [0, 0.1) is 0 Å². The Morgan fingerprint density at radius 3 is 2.80 bits per heavy atom. The number of rotatable bonds is 4. The number of fused-ring (bicyclic) bond motifs is 3. The van der Waals surface area contributed by atoms with Crippen molar-refractivity contribution < 1.29 is 17.3 Å². The standard InChI is InChI=1S/C17H16N2O4S2/c1-22-13-8-11-5-6-19-10-18-16(15-4-3-7-24-15)17(19)12(11)9-14(13)23-25(2,20)21/h3-4,7-10H,5-6H2,1-2H3. The van der Waals surface area contributed by atoms with Gasteiger partial charge >= 0.3 is 10.1 Å². The fourth-order valence-corrected chi connectivity index (χ4v) is 4.26. The number of aryl methyl sites for hydroxylation is 2. The van der Waals surface area contributed by atoms with E-state index in [9.17, 15) is 8.42 Å². The lowest BCUT2D eigenvalue weighted by atomic mass is 9.96. The Bertz CT molecular complexity index is 1040. The zero-order valence-electron chi connectivity index (χ0n) is 13.7. The number of thiophene rings is 1. The predicted molar refractivity (Wildman–Crippen MR) is 96.7 cm³/mol. The molecule has 0 amide bonds. The Hall–Kier alpha value is -2.32. The van der Waals surface area contributed by atoms with Gasteiger partial charge in [-0.15, -0.1) is 11.3 Å². The third-order valence-corrected chi connectivity index (χ3v) is 5.46. The first-order chi connectivity index (χ1) is 12.0. The van der Waals surface area contributed by atoms with E-state index in [0.29, 0.717) is 5.75 Å². The lowest BCUT2D eigenvalue weighted by Gasteiger charge is -2.21. The normalized spacial score (nSPS) is 13.2. The molecule has 8 heteroatoms. The van der Waals surface area contributed by atoms with E-state index in [2.05, 4.69) is 9.55 Å². The molecule has 0 N–H and O–H groups in total. The summed E-state index contributed by atoms with van der Waals surface area (Å²) in [7, 11) is -2.15. The number of benzene rings is 1. The Morgan fingerprint density at radius 2 is 2.12 bits per heavy atom. The van der Waals surface area contributed by atoms with Crippen molar-refractivity contribution in [3.8, 4) is 33.3 Å². The van der Waals surface area contributed by atoms with Crippen LogP contribution in [0.1, 0.15) is 5.56 Å². The highest BCUT2D eigenvalue weighted by molar-refractivity contribution is 7.86. The molecule has 1 aliphatic heterocycles. The molecule has 2 aromatic heterocycles. The molecule has 0 radical (unpaired) electrons. The van der Waals surface area contributed by atoms with Crippen LogP contribution in [-0.4, -0.2) is 31.3 Å². The summed E-state index contributed by atoms with van der Waals surface area (Å²) in [4.78, 5) is 5.64. The van der Waals surface area contributed by atoms with Crippen molar-refractivity contribution in [1.82, 2.24) is 9.55 Å². The summed E-state index contributed by atoms with van der Waals surface area (Å²) in [5.41, 5.74) is 3.88. The van der Waals surface area contributed by atoms with Crippen molar-refractivity contribution in [2.45, 2.75) is 13.0 Å². The van der Waals surface area contributed by atoms with Crippen molar-refractivity contribution in [3.63, 3.8) is 0 Å². The molecular formula is C17H16N2O4S2. The molecule has 0 bridgehead atoms. The molecule has 0 aliphatic carbocycles. The number of nitrogens with zero attached hydrogens (tertiary/aromatic N) is 2. The highest BCUT2D eigenvalue weighted by Gasteiger charge is 2.25. The summed E-state index contributed by atoms with van der Waals surface area (Å²) in [6.07, 6.45) is 3.67. The van der Waals surface area contributed by atoms with Crippen LogP contribution in [0.25, 0.3) is 21.8 Å². The molecule has 0 saturated heterocycles. The third kappa shape index (κ3) is 2.91. The SMILES string of the molecule is COc1cc2c(cc1OS(C)(=O)=O)-c1c(-c3cccs3)ncn1CC2. The van der Waals surface area contributed by atoms with E-state index in [1.54, 1.807) is 17.4 Å². The van der Waals surface area contributed by atoms with Gasteiger partial charge in [0.1, 0.15) is 5.69 Å². The van der Waals surface area contributed by atoms with E-state index in [1.165, 1.54) is 7.11 Å². The quantitative estimate of drug-likeness (QED) is 0.654. The first kappa shape index (κ1) is 16.2. The highest BCUT2D eigenvalue weighted by Crippen LogP contribution is 2.43. The smallest absolute Gasteiger partial charge is 0.306 e. The zero-order chi connectivity index (χ0) is 17.6. The Morgan fingerprint density at radius 1 is 1.28 bits per heavy atom. The van der Waals surface area contributed by atoms with Gasteiger partial charge in [0.05, 0.1) is 30.3 Å². The molecule has 1 aromatic carbocycles. The van der Waals surface area contributed by atoms with Gasteiger partial charge in [0.15, 0.2) is 11.5 Å². The molecule has 3 aromatic rings. The van der Waals surface area contributed by atoms with Gasteiger partial charge in [-0.2, -0.15) is 8.42 Å². The molecule has 3 heterocycles. The number of hydrogen-bond donors (Lipinski definition) is 0. The number of imidazole rings is 1. The second kappa shape index (κ2) is 5.89. The molecule has 0 spiro atoms. The monoisotopic (exact) mass is 376 g/mol. The van der Waals surface area contributed by atoms with Gasteiger partial charge in [0, 0.05) is 12.1 Å². The van der Waals surface area contributed by atoms with E-state index in [4.69, 9.17) is 8.92 Å². The van der Waals surface area contributed by atoms with E-state index < -0.39 is 10.1 Å². The van der Waals surface area contributed by atoms with E-state index in [-0.39, 0.29) is 5.75 Å². The van der Waals surface area contributed by atoms with Crippen LogP contribution in [-0.2, 0) is 23.1 Å². The van der Waals surface area contributed by atoms with Crippen molar-refractivity contribution >= 4 is 21.5 Å². The third-order valence-electron chi connectivity index (χ3n) is 4.10. The number of methoxy groups -OCH3 is 1. The van der Waals surface area contributed by atoms with Crippen LogP contribution in [0.3, 0.4) is 0 Å². The summed E-state index contributed by atoms with van der Waals surface area (Å²) in [6.45, 7) is 0.816. The lowest BCUT2D eigenvalue weighted by molar-refractivity contribution is 0.391. The molecule has 25 heavy (non-hydrogen) atoms. The van der Waals surface area contributed by atoms with Crippen LogP contribution < -0.4 is 8.92 Å². The van der Waals surface area contributed by atoms with Crippen molar-refractivity contribution in [1.29, 1.82) is 0 Å². The Kier molecular flexibility index (Phi) is 3.81.